The molecule has 3 saturated heterocycles. The van der Waals surface area contributed by atoms with Crippen LogP contribution in [0.15, 0.2) is 23.2 Å². The van der Waals surface area contributed by atoms with Gasteiger partial charge < -0.3 is 29.5 Å². The van der Waals surface area contributed by atoms with Crippen LogP contribution in [-0.2, 0) is 4.74 Å². The smallest absolute Gasteiger partial charge is 0.193 e. The molecule has 3 heterocycles. The molecule has 3 aliphatic rings. The van der Waals surface area contributed by atoms with E-state index in [0.717, 1.165) is 24.6 Å². The van der Waals surface area contributed by atoms with Crippen molar-refractivity contribution in [2.75, 3.05) is 40.9 Å². The van der Waals surface area contributed by atoms with Crippen molar-refractivity contribution >= 4 is 29.9 Å². The van der Waals surface area contributed by atoms with Crippen molar-refractivity contribution in [3.8, 4) is 11.5 Å². The van der Waals surface area contributed by atoms with Gasteiger partial charge >= 0.3 is 0 Å². The van der Waals surface area contributed by atoms with Crippen LogP contribution in [0.4, 0.5) is 0 Å². The molecule has 0 spiro atoms. The molecule has 0 aliphatic carbocycles. The Balaban J connectivity index is 0.00000225. The van der Waals surface area contributed by atoms with E-state index in [1.54, 1.807) is 27.3 Å². The second-order valence-electron chi connectivity index (χ2n) is 7.61. The van der Waals surface area contributed by atoms with Gasteiger partial charge in [0.1, 0.15) is 11.5 Å². The van der Waals surface area contributed by atoms with Crippen molar-refractivity contribution in [2.24, 2.45) is 16.8 Å². The molecule has 0 amide bonds. The summed E-state index contributed by atoms with van der Waals surface area (Å²) in [6.07, 6.45) is 2.56. The maximum Gasteiger partial charge on any atom is 0.193 e. The third-order valence-electron chi connectivity index (χ3n) is 6.18. The van der Waals surface area contributed by atoms with Crippen molar-refractivity contribution in [2.45, 2.75) is 31.2 Å². The Morgan fingerprint density at radius 1 is 1.18 bits per heavy atom. The fourth-order valence-electron chi connectivity index (χ4n) is 4.79. The minimum Gasteiger partial charge on any atom is -0.497 e. The molecule has 1 aromatic rings. The average Bonchev–Trinajstić information content (AvgIpc) is 3.41. The van der Waals surface area contributed by atoms with E-state index >= 15 is 0 Å². The first-order chi connectivity index (χ1) is 13.1. The molecule has 7 nitrogen and oxygen atoms in total. The maximum absolute atomic E-state index is 10.6. The lowest BCUT2D eigenvalue weighted by molar-refractivity contribution is 0.0766. The first-order valence-corrected chi connectivity index (χ1v) is 9.65. The lowest BCUT2D eigenvalue weighted by Gasteiger charge is -2.24. The standard InChI is InChI=1S/C20H29N3O4.HI/c1-21-20(23-10-15-16(11-23)19-5-4-18(15)27-19)22-9-17(24)12-6-13(25-2)8-14(7-12)26-3;/h6-8,15-19,24H,4-5,9-11H2,1-3H3,(H,21,22);1H. The van der Waals surface area contributed by atoms with E-state index in [-0.39, 0.29) is 24.0 Å². The quantitative estimate of drug-likeness (QED) is 0.364. The topological polar surface area (TPSA) is 75.6 Å². The van der Waals surface area contributed by atoms with Gasteiger partial charge in [-0.3, -0.25) is 4.99 Å². The van der Waals surface area contributed by atoms with E-state index in [0.29, 0.717) is 42.1 Å². The number of aliphatic hydroxyl groups excluding tert-OH is 1. The number of hydrogen-bond donors (Lipinski definition) is 2. The van der Waals surface area contributed by atoms with E-state index in [1.165, 1.54) is 12.8 Å². The molecule has 2 N–H and O–H groups in total. The Hall–Kier alpha value is -1.26. The Kier molecular flexibility index (Phi) is 6.93. The van der Waals surface area contributed by atoms with Crippen LogP contribution in [0, 0.1) is 11.8 Å². The summed E-state index contributed by atoms with van der Waals surface area (Å²) in [6.45, 7) is 2.33. The van der Waals surface area contributed by atoms with Gasteiger partial charge in [0, 0.05) is 44.6 Å². The molecular weight excluding hydrogens is 473 g/mol. The highest BCUT2D eigenvalue weighted by Crippen LogP contribution is 2.47. The molecule has 5 atom stereocenters. The number of methoxy groups -OCH3 is 2. The van der Waals surface area contributed by atoms with Gasteiger partial charge in [-0.05, 0) is 30.5 Å². The molecule has 5 unspecified atom stereocenters. The van der Waals surface area contributed by atoms with Crippen LogP contribution >= 0.6 is 24.0 Å². The van der Waals surface area contributed by atoms with Crippen molar-refractivity contribution in [3.63, 3.8) is 0 Å². The second-order valence-corrected chi connectivity index (χ2v) is 7.61. The summed E-state index contributed by atoms with van der Waals surface area (Å²) in [5, 5.41) is 14.0. The summed E-state index contributed by atoms with van der Waals surface area (Å²) >= 11 is 0. The van der Waals surface area contributed by atoms with Gasteiger partial charge in [0.05, 0.1) is 32.5 Å². The van der Waals surface area contributed by atoms with Gasteiger partial charge in [-0.15, -0.1) is 24.0 Å². The van der Waals surface area contributed by atoms with E-state index in [9.17, 15) is 5.11 Å². The normalized spacial score (nSPS) is 29.3. The van der Waals surface area contributed by atoms with Crippen LogP contribution in [0.1, 0.15) is 24.5 Å². The van der Waals surface area contributed by atoms with Gasteiger partial charge in [0.2, 0.25) is 0 Å². The van der Waals surface area contributed by atoms with Crippen LogP contribution in [0.5, 0.6) is 11.5 Å². The number of fused-ring (bicyclic) bond motifs is 5. The first kappa shape index (κ1) is 21.4. The summed E-state index contributed by atoms with van der Waals surface area (Å²) in [4.78, 5) is 6.74. The highest BCUT2D eigenvalue weighted by molar-refractivity contribution is 14.0. The van der Waals surface area contributed by atoms with Crippen molar-refractivity contribution < 1.29 is 19.3 Å². The number of benzene rings is 1. The molecule has 2 bridgehead atoms. The van der Waals surface area contributed by atoms with Crippen LogP contribution in [0.25, 0.3) is 0 Å². The molecule has 1 aromatic carbocycles. The lowest BCUT2D eigenvalue weighted by Crippen LogP contribution is -2.42. The Bertz CT molecular complexity index is 676. The molecule has 3 aliphatic heterocycles. The molecule has 0 saturated carbocycles. The van der Waals surface area contributed by atoms with Crippen LogP contribution in [0.3, 0.4) is 0 Å². The van der Waals surface area contributed by atoms with Gasteiger partial charge in [-0.25, -0.2) is 0 Å². The number of nitrogens with one attached hydrogen (secondary N) is 1. The minimum absolute atomic E-state index is 0. The highest BCUT2D eigenvalue weighted by atomic mass is 127. The Labute approximate surface area is 183 Å². The molecule has 0 aromatic heterocycles. The van der Waals surface area contributed by atoms with Crippen LogP contribution in [0.2, 0.25) is 0 Å². The second kappa shape index (κ2) is 9.04. The van der Waals surface area contributed by atoms with E-state index < -0.39 is 6.10 Å². The summed E-state index contributed by atoms with van der Waals surface area (Å²) < 4.78 is 16.6. The molecule has 8 heteroatoms. The van der Waals surface area contributed by atoms with E-state index in [2.05, 4.69) is 15.2 Å². The number of ether oxygens (including phenoxy) is 3. The first-order valence-electron chi connectivity index (χ1n) is 9.65. The number of halogens is 1. The average molecular weight is 503 g/mol. The predicted octanol–water partition coefficient (Wildman–Crippen LogP) is 2.04. The number of aliphatic imine (C=N–C) groups is 1. The fourth-order valence-corrected chi connectivity index (χ4v) is 4.79. The Morgan fingerprint density at radius 2 is 1.75 bits per heavy atom. The van der Waals surface area contributed by atoms with Crippen LogP contribution < -0.4 is 14.8 Å². The zero-order valence-electron chi connectivity index (χ0n) is 16.6. The van der Waals surface area contributed by atoms with Gasteiger partial charge in [0.15, 0.2) is 5.96 Å². The number of guanidine groups is 1. The largest absolute Gasteiger partial charge is 0.497 e. The molecule has 3 fully saturated rings. The maximum atomic E-state index is 10.6. The zero-order chi connectivity index (χ0) is 19.0. The van der Waals surface area contributed by atoms with Gasteiger partial charge in [-0.1, -0.05) is 0 Å². The molecular formula is C20H30IN3O4. The van der Waals surface area contributed by atoms with E-state index in [4.69, 9.17) is 14.2 Å². The monoisotopic (exact) mass is 503 g/mol. The molecule has 28 heavy (non-hydrogen) atoms. The Morgan fingerprint density at radius 3 is 2.25 bits per heavy atom. The van der Waals surface area contributed by atoms with Crippen LogP contribution in [-0.4, -0.2) is 69.1 Å². The number of aliphatic hydroxyl groups is 1. The van der Waals surface area contributed by atoms with Crippen molar-refractivity contribution in [1.82, 2.24) is 10.2 Å². The van der Waals surface area contributed by atoms with Crippen molar-refractivity contribution in [1.29, 1.82) is 0 Å². The highest BCUT2D eigenvalue weighted by Gasteiger charge is 2.53. The molecule has 156 valence electrons. The van der Waals surface area contributed by atoms with Gasteiger partial charge in [-0.2, -0.15) is 0 Å². The van der Waals surface area contributed by atoms with E-state index in [1.807, 2.05) is 12.1 Å². The lowest BCUT2D eigenvalue weighted by atomic mass is 9.82. The van der Waals surface area contributed by atoms with Gasteiger partial charge in [0.25, 0.3) is 0 Å². The predicted molar refractivity (Wildman–Crippen MR) is 118 cm³/mol. The molecule has 0 radical (unpaired) electrons. The third kappa shape index (κ3) is 4.04. The summed E-state index contributed by atoms with van der Waals surface area (Å²) in [5.41, 5.74) is 0.749. The minimum atomic E-state index is -0.688. The zero-order valence-corrected chi connectivity index (χ0v) is 19.0. The summed E-state index contributed by atoms with van der Waals surface area (Å²) in [7, 11) is 5.00. The number of nitrogens with zero attached hydrogens (tertiary/aromatic N) is 2. The molecule has 4 rings (SSSR count). The fraction of sp³-hybridized carbons (Fsp3) is 0.650. The third-order valence-corrected chi connectivity index (χ3v) is 6.18. The summed E-state index contributed by atoms with van der Waals surface area (Å²) in [5.74, 6) is 3.41. The number of rotatable bonds is 5. The number of hydrogen-bond acceptors (Lipinski definition) is 5. The number of likely N-dealkylation sites (tertiary alicyclic amines) is 1. The SMILES string of the molecule is CN=C(NCC(O)c1cc(OC)cc(OC)c1)N1CC2C3CCC(O3)C2C1.I. The summed E-state index contributed by atoms with van der Waals surface area (Å²) in [6, 6.07) is 5.45. The van der Waals surface area contributed by atoms with Crippen molar-refractivity contribution in [3.05, 3.63) is 23.8 Å².